The van der Waals surface area contributed by atoms with Gasteiger partial charge in [-0.15, -0.1) is 0 Å². The monoisotopic (exact) mass is 222 g/mol. The molecule has 0 aliphatic rings. The van der Waals surface area contributed by atoms with Gasteiger partial charge in [0, 0.05) is 19.5 Å². The van der Waals surface area contributed by atoms with E-state index < -0.39 is 6.10 Å². The molecular formula is C10H22O3S. The van der Waals surface area contributed by atoms with Crippen molar-refractivity contribution in [1.29, 1.82) is 0 Å². The van der Waals surface area contributed by atoms with E-state index in [9.17, 15) is 0 Å². The predicted octanol–water partition coefficient (Wildman–Crippen LogP) is 1.28. The van der Waals surface area contributed by atoms with E-state index >= 15 is 0 Å². The molecule has 0 fully saturated rings. The van der Waals surface area contributed by atoms with Crippen molar-refractivity contribution in [3.05, 3.63) is 0 Å². The average molecular weight is 222 g/mol. The molecule has 0 spiro atoms. The molecule has 0 saturated heterocycles. The Kier molecular flexibility index (Phi) is 11.5. The highest BCUT2D eigenvalue weighted by atomic mass is 32.2. The molecule has 86 valence electrons. The van der Waals surface area contributed by atoms with Gasteiger partial charge < -0.3 is 14.9 Å². The number of aliphatic hydroxyl groups is 2. The van der Waals surface area contributed by atoms with Gasteiger partial charge in [0.05, 0.1) is 12.7 Å². The summed E-state index contributed by atoms with van der Waals surface area (Å²) in [7, 11) is 1.73. The molecule has 1 unspecified atom stereocenters. The van der Waals surface area contributed by atoms with E-state index in [0.29, 0.717) is 5.75 Å². The van der Waals surface area contributed by atoms with Crippen molar-refractivity contribution in [1.82, 2.24) is 0 Å². The Morgan fingerprint density at radius 2 is 1.93 bits per heavy atom. The number of unbranched alkanes of at least 4 members (excludes halogenated alkanes) is 3. The van der Waals surface area contributed by atoms with Crippen LogP contribution >= 0.6 is 11.8 Å². The first-order valence-corrected chi connectivity index (χ1v) is 6.32. The van der Waals surface area contributed by atoms with Crippen molar-refractivity contribution in [2.24, 2.45) is 0 Å². The smallest absolute Gasteiger partial charge is 0.0861 e. The molecule has 0 aliphatic heterocycles. The molecule has 4 heteroatoms. The Morgan fingerprint density at radius 3 is 2.57 bits per heavy atom. The van der Waals surface area contributed by atoms with Crippen LogP contribution in [0.15, 0.2) is 0 Å². The van der Waals surface area contributed by atoms with Gasteiger partial charge in [0.2, 0.25) is 0 Å². The fourth-order valence-corrected chi connectivity index (χ4v) is 2.03. The predicted molar refractivity (Wildman–Crippen MR) is 60.8 cm³/mol. The summed E-state index contributed by atoms with van der Waals surface area (Å²) in [6.45, 7) is 0.733. The minimum absolute atomic E-state index is 0.124. The lowest BCUT2D eigenvalue weighted by Crippen LogP contribution is -2.14. The molecule has 0 heterocycles. The van der Waals surface area contributed by atoms with Crippen LogP contribution in [0.25, 0.3) is 0 Å². The summed E-state index contributed by atoms with van der Waals surface area (Å²) in [5.41, 5.74) is 0. The molecule has 0 radical (unpaired) electrons. The Balaban J connectivity index is 2.92. The quantitative estimate of drug-likeness (QED) is 0.547. The Hall–Kier alpha value is 0.230. The second kappa shape index (κ2) is 11.3. The number of aliphatic hydroxyl groups excluding tert-OH is 2. The first-order valence-electron chi connectivity index (χ1n) is 5.17. The van der Waals surface area contributed by atoms with Crippen molar-refractivity contribution >= 4 is 11.8 Å². The second-order valence-corrected chi connectivity index (χ2v) is 4.47. The van der Waals surface area contributed by atoms with Crippen LogP contribution in [-0.4, -0.2) is 48.1 Å². The summed E-state index contributed by atoms with van der Waals surface area (Å²) < 4.78 is 4.95. The van der Waals surface area contributed by atoms with Crippen LogP contribution in [0, 0.1) is 0 Å². The van der Waals surface area contributed by atoms with Crippen LogP contribution in [0.1, 0.15) is 25.7 Å². The van der Waals surface area contributed by atoms with Crippen molar-refractivity contribution in [3.63, 3.8) is 0 Å². The number of ether oxygens (including phenoxy) is 1. The van der Waals surface area contributed by atoms with Gasteiger partial charge in [0.25, 0.3) is 0 Å². The number of rotatable bonds is 10. The van der Waals surface area contributed by atoms with E-state index in [4.69, 9.17) is 14.9 Å². The van der Waals surface area contributed by atoms with E-state index in [1.165, 1.54) is 19.3 Å². The van der Waals surface area contributed by atoms with E-state index in [1.807, 2.05) is 0 Å². The fourth-order valence-electron chi connectivity index (χ4n) is 1.08. The molecule has 0 amide bonds. The minimum Gasteiger partial charge on any atom is -0.394 e. The summed E-state index contributed by atoms with van der Waals surface area (Å²) in [4.78, 5) is 0. The van der Waals surface area contributed by atoms with Gasteiger partial charge >= 0.3 is 0 Å². The van der Waals surface area contributed by atoms with E-state index in [0.717, 1.165) is 18.8 Å². The van der Waals surface area contributed by atoms with Crippen LogP contribution in [0.2, 0.25) is 0 Å². The van der Waals surface area contributed by atoms with Gasteiger partial charge in [0.1, 0.15) is 0 Å². The number of methoxy groups -OCH3 is 1. The van der Waals surface area contributed by atoms with Gasteiger partial charge in [-0.2, -0.15) is 11.8 Å². The summed E-state index contributed by atoms with van der Waals surface area (Å²) >= 11 is 1.71. The third kappa shape index (κ3) is 10.3. The number of hydrogen-bond acceptors (Lipinski definition) is 4. The molecule has 0 aromatic rings. The summed E-state index contributed by atoms with van der Waals surface area (Å²) in [5.74, 6) is 1.72. The molecule has 2 N–H and O–H groups in total. The molecule has 0 bridgehead atoms. The largest absolute Gasteiger partial charge is 0.394 e. The average Bonchev–Trinajstić information content (AvgIpc) is 2.21. The highest BCUT2D eigenvalue weighted by molar-refractivity contribution is 7.99. The highest BCUT2D eigenvalue weighted by Crippen LogP contribution is 2.08. The molecule has 0 aliphatic carbocycles. The standard InChI is InChI=1S/C10H22O3S/c1-13-6-4-2-3-5-7-14-9-10(12)8-11/h10-12H,2-9H2,1H3. The maximum atomic E-state index is 9.04. The summed E-state index contributed by atoms with van der Waals surface area (Å²) in [5, 5.41) is 17.6. The van der Waals surface area contributed by atoms with Crippen LogP contribution in [0.4, 0.5) is 0 Å². The lowest BCUT2D eigenvalue weighted by molar-refractivity contribution is 0.113. The van der Waals surface area contributed by atoms with Crippen molar-refractivity contribution < 1.29 is 14.9 Å². The fraction of sp³-hybridized carbons (Fsp3) is 1.00. The number of thioether (sulfide) groups is 1. The zero-order valence-corrected chi connectivity index (χ0v) is 9.76. The van der Waals surface area contributed by atoms with Crippen LogP contribution < -0.4 is 0 Å². The lowest BCUT2D eigenvalue weighted by atomic mass is 10.2. The first-order chi connectivity index (χ1) is 6.81. The molecule has 14 heavy (non-hydrogen) atoms. The molecular weight excluding hydrogens is 200 g/mol. The van der Waals surface area contributed by atoms with E-state index in [-0.39, 0.29) is 6.61 Å². The topological polar surface area (TPSA) is 49.7 Å². The summed E-state index contributed by atoms with van der Waals surface area (Å²) in [6, 6.07) is 0. The summed E-state index contributed by atoms with van der Waals surface area (Å²) in [6.07, 6.45) is 4.23. The zero-order valence-electron chi connectivity index (χ0n) is 8.95. The van der Waals surface area contributed by atoms with Gasteiger partial charge in [-0.1, -0.05) is 12.8 Å². The molecule has 0 rings (SSSR count). The first kappa shape index (κ1) is 14.2. The lowest BCUT2D eigenvalue weighted by Gasteiger charge is -2.06. The Morgan fingerprint density at radius 1 is 1.21 bits per heavy atom. The maximum absolute atomic E-state index is 9.04. The SMILES string of the molecule is COCCCCCCSCC(O)CO. The van der Waals surface area contributed by atoms with Crippen molar-refractivity contribution in [2.75, 3.05) is 31.8 Å². The van der Waals surface area contributed by atoms with Gasteiger partial charge in [-0.05, 0) is 18.6 Å². The molecule has 0 saturated carbocycles. The normalized spacial score (nSPS) is 13.1. The van der Waals surface area contributed by atoms with Gasteiger partial charge in [-0.3, -0.25) is 0 Å². The molecule has 0 aromatic heterocycles. The van der Waals surface area contributed by atoms with Crippen LogP contribution in [0.3, 0.4) is 0 Å². The van der Waals surface area contributed by atoms with E-state index in [1.54, 1.807) is 18.9 Å². The molecule has 3 nitrogen and oxygen atoms in total. The molecule has 1 atom stereocenters. The Bertz CT molecular complexity index is 112. The maximum Gasteiger partial charge on any atom is 0.0861 e. The van der Waals surface area contributed by atoms with Crippen LogP contribution in [0.5, 0.6) is 0 Å². The number of hydrogen-bond donors (Lipinski definition) is 2. The highest BCUT2D eigenvalue weighted by Gasteiger charge is 2.00. The van der Waals surface area contributed by atoms with E-state index in [2.05, 4.69) is 0 Å². The third-order valence-electron chi connectivity index (χ3n) is 1.91. The van der Waals surface area contributed by atoms with Crippen LogP contribution in [-0.2, 0) is 4.74 Å². The van der Waals surface area contributed by atoms with Crippen molar-refractivity contribution in [2.45, 2.75) is 31.8 Å². The zero-order chi connectivity index (χ0) is 10.6. The van der Waals surface area contributed by atoms with Gasteiger partial charge in [-0.25, -0.2) is 0 Å². The molecule has 0 aromatic carbocycles. The second-order valence-electron chi connectivity index (χ2n) is 3.32. The van der Waals surface area contributed by atoms with Crippen molar-refractivity contribution in [3.8, 4) is 0 Å². The van der Waals surface area contributed by atoms with Gasteiger partial charge in [0.15, 0.2) is 0 Å². The third-order valence-corrected chi connectivity index (χ3v) is 3.11. The minimum atomic E-state index is -0.548. The Labute approximate surface area is 90.8 Å².